The molecule has 124 valence electrons. The van der Waals surface area contributed by atoms with Gasteiger partial charge in [-0.05, 0) is 48.7 Å². The van der Waals surface area contributed by atoms with Crippen molar-refractivity contribution in [2.45, 2.75) is 91.4 Å². The summed E-state index contributed by atoms with van der Waals surface area (Å²) >= 11 is 7.53. The molecule has 0 saturated heterocycles. The zero-order valence-corrected chi connectivity index (χ0v) is 19.9. The van der Waals surface area contributed by atoms with Crippen molar-refractivity contribution in [2.75, 3.05) is 12.3 Å². The zero-order valence-electron chi connectivity index (χ0n) is 14.9. The summed E-state index contributed by atoms with van der Waals surface area (Å²) in [7, 11) is 0. The maximum Gasteiger partial charge on any atom is -0.00813 e. The molecule has 0 aliphatic rings. The first-order valence-electron chi connectivity index (χ1n) is 7.83. The SMILES string of the molecule is CCCCP(Br)C(C)(C)C.CCCCP(Br)C(C)(C)C. The predicted molar refractivity (Wildman–Crippen MR) is 111 cm³/mol. The summed E-state index contributed by atoms with van der Waals surface area (Å²) in [4.78, 5) is 0. The molecular weight excluding hydrogens is 414 g/mol. The van der Waals surface area contributed by atoms with Crippen LogP contribution in [0.4, 0.5) is 0 Å². The summed E-state index contributed by atoms with van der Waals surface area (Å²) in [6, 6.07) is 0. The molecule has 0 nitrogen and oxygen atoms in total. The quantitative estimate of drug-likeness (QED) is 0.355. The van der Waals surface area contributed by atoms with E-state index in [2.05, 4.69) is 86.4 Å². The van der Waals surface area contributed by atoms with E-state index in [1.54, 1.807) is 0 Å². The summed E-state index contributed by atoms with van der Waals surface area (Å²) < 4.78 is 0. The average Bonchev–Trinajstić information content (AvgIpc) is 2.31. The lowest BCUT2D eigenvalue weighted by Crippen LogP contribution is -2.09. The molecule has 0 bridgehead atoms. The number of hydrogen-bond donors (Lipinski definition) is 0. The first kappa shape index (κ1) is 24.1. The minimum Gasteiger partial charge on any atom is -0.0654 e. The van der Waals surface area contributed by atoms with E-state index in [0.717, 1.165) is 0 Å². The number of unbranched alkanes of at least 4 members (excludes halogenated alkanes) is 2. The molecule has 0 aromatic carbocycles. The van der Waals surface area contributed by atoms with Gasteiger partial charge in [-0.1, -0.05) is 99.2 Å². The van der Waals surface area contributed by atoms with Gasteiger partial charge in [-0.15, -0.1) is 0 Å². The van der Waals surface area contributed by atoms with E-state index >= 15 is 0 Å². The van der Waals surface area contributed by atoms with Crippen LogP contribution in [-0.4, -0.2) is 22.6 Å². The van der Waals surface area contributed by atoms with Crippen molar-refractivity contribution in [3.05, 3.63) is 0 Å². The first-order chi connectivity index (χ1) is 8.96. The van der Waals surface area contributed by atoms with Gasteiger partial charge in [-0.25, -0.2) is 0 Å². The lowest BCUT2D eigenvalue weighted by atomic mass is 10.3. The minimum absolute atomic E-state index is 0.0850. The van der Waals surface area contributed by atoms with E-state index in [-0.39, 0.29) is 13.2 Å². The van der Waals surface area contributed by atoms with Gasteiger partial charge in [0.15, 0.2) is 0 Å². The van der Waals surface area contributed by atoms with Crippen LogP contribution in [0, 0.1) is 0 Å². The van der Waals surface area contributed by atoms with Gasteiger partial charge in [0.05, 0.1) is 0 Å². The van der Waals surface area contributed by atoms with Gasteiger partial charge in [0, 0.05) is 0 Å². The smallest absolute Gasteiger partial charge is 0.00813 e. The molecule has 0 radical (unpaired) electrons. The van der Waals surface area contributed by atoms with Gasteiger partial charge < -0.3 is 0 Å². The van der Waals surface area contributed by atoms with Gasteiger partial charge in [0.2, 0.25) is 0 Å². The fourth-order valence-corrected chi connectivity index (χ4v) is 5.30. The third-order valence-corrected chi connectivity index (χ3v) is 15.7. The number of rotatable bonds is 6. The van der Waals surface area contributed by atoms with Crippen LogP contribution in [0.2, 0.25) is 0 Å². The van der Waals surface area contributed by atoms with Crippen LogP contribution in [-0.2, 0) is 0 Å². The fraction of sp³-hybridized carbons (Fsp3) is 1.00. The second-order valence-corrected chi connectivity index (χ2v) is 17.4. The van der Waals surface area contributed by atoms with Crippen molar-refractivity contribution >= 4 is 44.2 Å². The first-order valence-corrected chi connectivity index (χ1v) is 14.9. The lowest BCUT2D eigenvalue weighted by Gasteiger charge is -2.25. The Morgan fingerprint density at radius 3 is 1.05 bits per heavy atom. The van der Waals surface area contributed by atoms with Gasteiger partial charge in [0.1, 0.15) is 0 Å². The highest BCUT2D eigenvalue weighted by molar-refractivity contribution is 9.39. The van der Waals surface area contributed by atoms with E-state index in [4.69, 9.17) is 0 Å². The van der Waals surface area contributed by atoms with Crippen LogP contribution in [0.5, 0.6) is 0 Å². The van der Waals surface area contributed by atoms with Gasteiger partial charge in [-0.3, -0.25) is 0 Å². The molecule has 0 aliphatic carbocycles. The molecule has 2 unspecified atom stereocenters. The second-order valence-electron chi connectivity index (χ2n) is 7.22. The Kier molecular flexibility index (Phi) is 14.8. The number of hydrogen-bond acceptors (Lipinski definition) is 0. The van der Waals surface area contributed by atoms with Crippen LogP contribution in [0.3, 0.4) is 0 Å². The number of halogens is 2. The van der Waals surface area contributed by atoms with Crippen molar-refractivity contribution in [3.8, 4) is 0 Å². The Hall–Kier alpha value is 1.82. The van der Waals surface area contributed by atoms with Crippen molar-refractivity contribution in [1.82, 2.24) is 0 Å². The molecule has 0 fully saturated rings. The van der Waals surface area contributed by atoms with E-state index < -0.39 is 0 Å². The zero-order chi connectivity index (χ0) is 16.4. The van der Waals surface area contributed by atoms with Gasteiger partial charge in [0.25, 0.3) is 0 Å². The summed E-state index contributed by atoms with van der Waals surface area (Å²) in [5, 5.41) is 0.981. The second kappa shape index (κ2) is 12.3. The standard InChI is InChI=1S/2C8H18BrP/c2*1-5-6-7-10(9)8(2,3)4/h2*5-7H2,1-4H3. The van der Waals surface area contributed by atoms with E-state index in [1.807, 2.05) is 0 Å². The molecule has 2 atom stereocenters. The third-order valence-electron chi connectivity index (χ3n) is 2.87. The fourth-order valence-electron chi connectivity index (χ4n) is 1.26. The van der Waals surface area contributed by atoms with Crippen LogP contribution in [0.15, 0.2) is 0 Å². The topological polar surface area (TPSA) is 0 Å². The van der Waals surface area contributed by atoms with Crippen LogP contribution in [0.1, 0.15) is 81.1 Å². The predicted octanol–water partition coefficient (Wildman–Crippen LogP) is 8.75. The Morgan fingerprint density at radius 1 is 0.650 bits per heavy atom. The van der Waals surface area contributed by atoms with E-state index in [0.29, 0.717) is 10.3 Å². The van der Waals surface area contributed by atoms with Crippen molar-refractivity contribution in [3.63, 3.8) is 0 Å². The highest BCUT2D eigenvalue weighted by atomic mass is 79.9. The van der Waals surface area contributed by atoms with Crippen LogP contribution < -0.4 is 0 Å². The molecule has 0 spiro atoms. The molecule has 20 heavy (non-hydrogen) atoms. The van der Waals surface area contributed by atoms with Crippen molar-refractivity contribution in [2.24, 2.45) is 0 Å². The summed E-state index contributed by atoms with van der Waals surface area (Å²) in [5.74, 6) is 0. The van der Waals surface area contributed by atoms with E-state index in [1.165, 1.54) is 38.0 Å². The largest absolute Gasteiger partial charge is 0.0654 e. The average molecular weight is 450 g/mol. The maximum atomic E-state index is 3.76. The molecule has 0 N–H and O–H groups in total. The molecule has 0 saturated carbocycles. The van der Waals surface area contributed by atoms with Gasteiger partial charge in [-0.2, -0.15) is 0 Å². The Morgan fingerprint density at radius 2 is 0.900 bits per heavy atom. The molecular formula is C16H36Br2P2. The lowest BCUT2D eigenvalue weighted by molar-refractivity contribution is 0.781. The molecule has 0 rings (SSSR count). The van der Waals surface area contributed by atoms with Crippen LogP contribution >= 0.6 is 44.2 Å². The van der Waals surface area contributed by atoms with E-state index in [9.17, 15) is 0 Å². The van der Waals surface area contributed by atoms with Crippen molar-refractivity contribution < 1.29 is 0 Å². The minimum atomic E-state index is 0.0850. The molecule has 0 amide bonds. The molecule has 0 aromatic rings. The molecule has 0 heterocycles. The normalized spacial score (nSPS) is 15.3. The highest BCUT2D eigenvalue weighted by Gasteiger charge is 2.20. The monoisotopic (exact) mass is 448 g/mol. The summed E-state index contributed by atoms with van der Waals surface area (Å²) in [5.41, 5.74) is 0. The highest BCUT2D eigenvalue weighted by Crippen LogP contribution is 2.56. The Labute approximate surface area is 147 Å². The van der Waals surface area contributed by atoms with Crippen LogP contribution in [0.25, 0.3) is 0 Å². The Bertz CT molecular complexity index is 195. The summed E-state index contributed by atoms with van der Waals surface area (Å²) in [6.07, 6.45) is 8.12. The molecule has 0 aromatic heterocycles. The third kappa shape index (κ3) is 14.7. The summed E-state index contributed by atoms with van der Waals surface area (Å²) in [6.45, 7) is 18.5. The van der Waals surface area contributed by atoms with Crippen molar-refractivity contribution in [1.29, 1.82) is 0 Å². The van der Waals surface area contributed by atoms with Gasteiger partial charge >= 0.3 is 0 Å². The maximum absolute atomic E-state index is 3.76. The molecule has 4 heteroatoms. The molecule has 0 aliphatic heterocycles. The Balaban J connectivity index is 0.